The van der Waals surface area contributed by atoms with E-state index >= 15 is 0 Å². The molecule has 43 heavy (non-hydrogen) atoms. The molecule has 5 heteroatoms. The molecule has 5 nitrogen and oxygen atoms in total. The van der Waals surface area contributed by atoms with Crippen molar-refractivity contribution in [2.24, 2.45) is 0 Å². The Balaban J connectivity index is 1.22. The first-order valence-electron chi connectivity index (χ1n) is 14.4. The van der Waals surface area contributed by atoms with Crippen LogP contribution in [-0.4, -0.2) is 24.3 Å². The van der Waals surface area contributed by atoms with E-state index in [2.05, 4.69) is 135 Å². The summed E-state index contributed by atoms with van der Waals surface area (Å²) in [5, 5.41) is 12.6. The van der Waals surface area contributed by atoms with Crippen molar-refractivity contribution in [3.8, 4) is 34.2 Å². The molecule has 1 N–H and O–H groups in total. The van der Waals surface area contributed by atoms with Gasteiger partial charge in [0.1, 0.15) is 0 Å². The van der Waals surface area contributed by atoms with E-state index in [4.69, 9.17) is 4.98 Å². The van der Waals surface area contributed by atoms with Gasteiger partial charge in [-0.25, -0.2) is 4.98 Å². The van der Waals surface area contributed by atoms with Crippen LogP contribution in [0.4, 0.5) is 0 Å². The smallest absolute Gasteiger partial charge is 0.181 e. The Bertz CT molecular complexity index is 2410. The van der Waals surface area contributed by atoms with Gasteiger partial charge in [-0.15, -0.1) is 0 Å². The van der Waals surface area contributed by atoms with E-state index in [1.807, 2.05) is 30.3 Å². The van der Waals surface area contributed by atoms with Gasteiger partial charge in [-0.1, -0.05) is 97.1 Å². The summed E-state index contributed by atoms with van der Waals surface area (Å²) in [6.45, 7) is 0. The highest BCUT2D eigenvalue weighted by Gasteiger charge is 2.17. The van der Waals surface area contributed by atoms with E-state index in [0.717, 1.165) is 39.4 Å². The molecule has 3 heterocycles. The van der Waals surface area contributed by atoms with Gasteiger partial charge in [0.15, 0.2) is 11.6 Å². The van der Waals surface area contributed by atoms with Gasteiger partial charge >= 0.3 is 0 Å². The minimum atomic E-state index is 0.676. The van der Waals surface area contributed by atoms with E-state index in [1.165, 1.54) is 32.6 Å². The second-order valence-corrected chi connectivity index (χ2v) is 10.8. The van der Waals surface area contributed by atoms with Crippen LogP contribution in [0.5, 0.6) is 0 Å². The monoisotopic (exact) mass is 551 g/mol. The van der Waals surface area contributed by atoms with Crippen molar-refractivity contribution < 1.29 is 0 Å². The van der Waals surface area contributed by atoms with Crippen molar-refractivity contribution >= 4 is 43.6 Å². The molecule has 9 aromatic rings. The van der Waals surface area contributed by atoms with Gasteiger partial charge in [0.25, 0.3) is 0 Å². The van der Waals surface area contributed by atoms with Crippen molar-refractivity contribution in [2.45, 2.75) is 0 Å². The van der Waals surface area contributed by atoms with Gasteiger partial charge in [0.2, 0.25) is 0 Å². The summed E-state index contributed by atoms with van der Waals surface area (Å²) < 4.78 is 4.72. The first-order chi connectivity index (χ1) is 21.3. The minimum absolute atomic E-state index is 0.676. The van der Waals surface area contributed by atoms with Crippen molar-refractivity contribution in [1.29, 1.82) is 0 Å². The minimum Gasteiger partial charge on any atom is -0.309 e. The zero-order valence-corrected chi connectivity index (χ0v) is 23.1. The summed E-state index contributed by atoms with van der Waals surface area (Å²) in [5.74, 6) is 1.44. The summed E-state index contributed by atoms with van der Waals surface area (Å²) in [7, 11) is 0. The van der Waals surface area contributed by atoms with Crippen LogP contribution in [0.15, 0.2) is 146 Å². The fourth-order valence-electron chi connectivity index (χ4n) is 6.48. The zero-order chi connectivity index (χ0) is 28.3. The highest BCUT2D eigenvalue weighted by molar-refractivity contribution is 6.12. The molecule has 9 rings (SSSR count). The van der Waals surface area contributed by atoms with Crippen molar-refractivity contribution in [2.75, 3.05) is 0 Å². The Kier molecular flexibility index (Phi) is 5.13. The van der Waals surface area contributed by atoms with E-state index < -0.39 is 0 Å². The average molecular weight is 552 g/mol. The number of aromatic amines is 1. The number of fused-ring (bicyclic) bond motifs is 6. The maximum Gasteiger partial charge on any atom is 0.181 e. The molecular weight excluding hydrogens is 526 g/mol. The molecule has 6 aromatic carbocycles. The van der Waals surface area contributed by atoms with E-state index in [0.29, 0.717) is 5.82 Å². The van der Waals surface area contributed by atoms with Gasteiger partial charge in [0, 0.05) is 44.0 Å². The summed E-state index contributed by atoms with van der Waals surface area (Å²) in [5.41, 5.74) is 8.93. The third-order valence-electron chi connectivity index (χ3n) is 8.39. The molecule has 0 fully saturated rings. The summed E-state index contributed by atoms with van der Waals surface area (Å²) in [6, 6.07) is 51.3. The second-order valence-electron chi connectivity index (χ2n) is 10.8. The van der Waals surface area contributed by atoms with Crippen LogP contribution in [0.1, 0.15) is 0 Å². The lowest BCUT2D eigenvalue weighted by molar-refractivity contribution is 1.10. The number of H-pyrrole nitrogens is 1. The van der Waals surface area contributed by atoms with Gasteiger partial charge in [-0.05, 0) is 48.5 Å². The van der Waals surface area contributed by atoms with Gasteiger partial charge in [0.05, 0.1) is 22.1 Å². The summed E-state index contributed by atoms with van der Waals surface area (Å²) in [4.78, 5) is 4.81. The molecular formula is C38H25N5. The average Bonchev–Trinajstić information content (AvgIpc) is 3.78. The number of rotatable bonds is 4. The maximum absolute atomic E-state index is 4.81. The fourth-order valence-corrected chi connectivity index (χ4v) is 6.48. The standard InChI is InChI=1S/C38H25N5/c1-2-11-25(12-3-1)37-39-38(41-40-37)26-13-10-14-27(23-26)42-35-20-9-6-17-31(35)32-24-28(21-22-36(32)42)43-33-18-7-4-15-29(33)30-16-5-8-19-34(30)43/h1-24H,(H,39,40,41). The van der Waals surface area contributed by atoms with Crippen LogP contribution in [0.25, 0.3) is 77.8 Å². The van der Waals surface area contributed by atoms with Gasteiger partial charge < -0.3 is 9.13 Å². The van der Waals surface area contributed by atoms with Crippen molar-refractivity contribution in [3.63, 3.8) is 0 Å². The lowest BCUT2D eigenvalue weighted by atomic mass is 10.1. The Hall–Kier alpha value is -5.94. The molecule has 0 saturated carbocycles. The molecule has 0 aliphatic heterocycles. The number of nitrogens with zero attached hydrogens (tertiary/aromatic N) is 4. The van der Waals surface area contributed by atoms with Gasteiger partial charge in [-0.3, -0.25) is 5.10 Å². The quantitative estimate of drug-likeness (QED) is 0.237. The molecule has 202 valence electrons. The SMILES string of the molecule is c1ccc(-c2nc(-c3cccc(-n4c5ccccc5c5cc(-n6c7ccccc7c7ccccc76)ccc54)c3)n[nH]2)cc1. The highest BCUT2D eigenvalue weighted by Crippen LogP contribution is 2.37. The lowest BCUT2D eigenvalue weighted by Gasteiger charge is -2.11. The number of para-hydroxylation sites is 3. The Morgan fingerprint density at radius 2 is 0.953 bits per heavy atom. The molecule has 0 unspecified atom stereocenters. The third kappa shape index (κ3) is 3.65. The molecule has 0 atom stereocenters. The van der Waals surface area contributed by atoms with E-state index in [9.17, 15) is 0 Å². The largest absolute Gasteiger partial charge is 0.309 e. The molecule has 0 aliphatic carbocycles. The summed E-state index contributed by atoms with van der Waals surface area (Å²) in [6.07, 6.45) is 0. The first kappa shape index (κ1) is 23.7. The van der Waals surface area contributed by atoms with Crippen LogP contribution >= 0.6 is 0 Å². The number of hydrogen-bond acceptors (Lipinski definition) is 2. The third-order valence-corrected chi connectivity index (χ3v) is 8.39. The Labute approximate surface area is 247 Å². The second kappa shape index (κ2) is 9.29. The van der Waals surface area contributed by atoms with E-state index in [1.54, 1.807) is 0 Å². The number of nitrogens with one attached hydrogen (secondary N) is 1. The summed E-state index contributed by atoms with van der Waals surface area (Å²) >= 11 is 0. The molecule has 0 saturated heterocycles. The number of aromatic nitrogens is 5. The van der Waals surface area contributed by atoms with Crippen LogP contribution in [-0.2, 0) is 0 Å². The lowest BCUT2D eigenvalue weighted by Crippen LogP contribution is -1.96. The van der Waals surface area contributed by atoms with Crippen LogP contribution in [0.3, 0.4) is 0 Å². The first-order valence-corrected chi connectivity index (χ1v) is 14.4. The number of benzene rings is 6. The van der Waals surface area contributed by atoms with E-state index in [-0.39, 0.29) is 0 Å². The molecule has 0 radical (unpaired) electrons. The molecule has 0 amide bonds. The molecule has 3 aromatic heterocycles. The van der Waals surface area contributed by atoms with Gasteiger partial charge in [-0.2, -0.15) is 5.10 Å². The fraction of sp³-hybridized carbons (Fsp3) is 0. The molecule has 0 aliphatic rings. The van der Waals surface area contributed by atoms with Crippen LogP contribution < -0.4 is 0 Å². The maximum atomic E-state index is 4.81. The molecule has 0 spiro atoms. The molecule has 0 bridgehead atoms. The zero-order valence-electron chi connectivity index (χ0n) is 23.1. The normalized spacial score (nSPS) is 11.7. The van der Waals surface area contributed by atoms with Crippen LogP contribution in [0.2, 0.25) is 0 Å². The number of hydrogen-bond donors (Lipinski definition) is 1. The predicted molar refractivity (Wildman–Crippen MR) is 176 cm³/mol. The van der Waals surface area contributed by atoms with Crippen LogP contribution in [0, 0.1) is 0 Å². The van der Waals surface area contributed by atoms with Crippen molar-refractivity contribution in [1.82, 2.24) is 24.3 Å². The topological polar surface area (TPSA) is 51.4 Å². The Morgan fingerprint density at radius 1 is 0.419 bits per heavy atom. The highest BCUT2D eigenvalue weighted by atomic mass is 15.2. The predicted octanol–water partition coefficient (Wildman–Crippen LogP) is 9.33. The van der Waals surface area contributed by atoms with Crippen molar-refractivity contribution in [3.05, 3.63) is 146 Å². The Morgan fingerprint density at radius 3 is 1.63 bits per heavy atom.